The average molecular weight is 433 g/mol. The van der Waals surface area contributed by atoms with Crippen molar-refractivity contribution in [1.82, 2.24) is 19.4 Å². The third-order valence-electron chi connectivity index (χ3n) is 5.25. The quantitative estimate of drug-likeness (QED) is 0.646. The molecule has 1 N–H and O–H groups in total. The van der Waals surface area contributed by atoms with Crippen molar-refractivity contribution in [2.75, 3.05) is 25.0 Å². The first-order valence-corrected chi connectivity index (χ1v) is 10.1. The van der Waals surface area contributed by atoms with Gasteiger partial charge in [-0.3, -0.25) is 0 Å². The zero-order valence-corrected chi connectivity index (χ0v) is 16.9. The molecule has 1 aliphatic rings. The molecule has 1 saturated heterocycles. The van der Waals surface area contributed by atoms with Crippen LogP contribution in [0.15, 0.2) is 42.6 Å². The fourth-order valence-electron chi connectivity index (χ4n) is 3.85. The molecule has 0 atom stereocenters. The number of imidazole rings is 1. The first kappa shape index (κ1) is 21.0. The molecule has 4 rings (SSSR count). The SMILES string of the molecule is CCOc1ccccc1NC(=O)N1CCC(n2c(C(F)(F)F)nc3cccnc32)CC1. The fourth-order valence-corrected chi connectivity index (χ4v) is 3.85. The number of rotatable bonds is 4. The summed E-state index contributed by atoms with van der Waals surface area (Å²) in [7, 11) is 0. The number of carbonyl (C=O) groups is 1. The first-order chi connectivity index (χ1) is 14.9. The Morgan fingerprint density at radius 1 is 1.19 bits per heavy atom. The standard InChI is InChI=1S/C21H22F3N5O2/c1-2-31-17-8-4-3-6-15(17)27-20(30)28-12-9-14(10-13-28)29-18-16(7-5-11-25-18)26-19(29)21(22,23)24/h3-8,11,14H,2,9-10,12-13H2,1H3,(H,27,30). The van der Waals surface area contributed by atoms with Crippen molar-refractivity contribution in [3.8, 4) is 5.75 Å². The van der Waals surface area contributed by atoms with Gasteiger partial charge >= 0.3 is 12.2 Å². The van der Waals surface area contributed by atoms with E-state index in [1.807, 2.05) is 13.0 Å². The monoisotopic (exact) mass is 433 g/mol. The summed E-state index contributed by atoms with van der Waals surface area (Å²) < 4.78 is 47.5. The van der Waals surface area contributed by atoms with Gasteiger partial charge in [-0.2, -0.15) is 13.2 Å². The third-order valence-corrected chi connectivity index (χ3v) is 5.25. The Bertz CT molecular complexity index is 1070. The number of ether oxygens (including phenoxy) is 1. The Morgan fingerprint density at radius 3 is 2.65 bits per heavy atom. The van der Waals surface area contributed by atoms with Crippen molar-refractivity contribution in [2.24, 2.45) is 0 Å². The molecular weight excluding hydrogens is 411 g/mol. The number of anilines is 1. The van der Waals surface area contributed by atoms with E-state index in [0.29, 0.717) is 44.0 Å². The number of halogens is 3. The van der Waals surface area contributed by atoms with Gasteiger partial charge in [0.1, 0.15) is 11.3 Å². The molecule has 0 saturated carbocycles. The molecule has 2 amide bonds. The molecule has 31 heavy (non-hydrogen) atoms. The van der Waals surface area contributed by atoms with Gasteiger partial charge in [-0.25, -0.2) is 14.8 Å². The first-order valence-electron chi connectivity index (χ1n) is 10.1. The number of piperidine rings is 1. The Balaban J connectivity index is 1.49. The fraction of sp³-hybridized carbons (Fsp3) is 0.381. The largest absolute Gasteiger partial charge is 0.492 e. The number of hydrogen-bond donors (Lipinski definition) is 1. The van der Waals surface area contributed by atoms with Gasteiger partial charge in [-0.1, -0.05) is 12.1 Å². The predicted molar refractivity (Wildman–Crippen MR) is 109 cm³/mol. The second kappa shape index (κ2) is 8.44. The number of para-hydroxylation sites is 2. The van der Waals surface area contributed by atoms with Gasteiger partial charge in [-0.05, 0) is 44.0 Å². The average Bonchev–Trinajstić information content (AvgIpc) is 3.16. The molecule has 3 heterocycles. The maximum absolute atomic E-state index is 13.6. The maximum atomic E-state index is 13.6. The highest BCUT2D eigenvalue weighted by molar-refractivity contribution is 5.91. The Hall–Kier alpha value is -3.30. The lowest BCUT2D eigenvalue weighted by Gasteiger charge is -2.33. The molecular formula is C21H22F3N5O2. The molecule has 2 aromatic heterocycles. The van der Waals surface area contributed by atoms with Crippen LogP contribution in [-0.4, -0.2) is 45.2 Å². The van der Waals surface area contributed by atoms with Crippen molar-refractivity contribution >= 4 is 22.9 Å². The summed E-state index contributed by atoms with van der Waals surface area (Å²) in [5, 5.41) is 2.83. The summed E-state index contributed by atoms with van der Waals surface area (Å²) in [6, 6.07) is 9.44. The van der Waals surface area contributed by atoms with Gasteiger partial charge in [0.15, 0.2) is 5.65 Å². The van der Waals surface area contributed by atoms with Gasteiger partial charge in [0.2, 0.25) is 5.82 Å². The van der Waals surface area contributed by atoms with Crippen LogP contribution in [0.1, 0.15) is 31.6 Å². The zero-order chi connectivity index (χ0) is 22.0. The van der Waals surface area contributed by atoms with Crippen LogP contribution in [0, 0.1) is 0 Å². The summed E-state index contributed by atoms with van der Waals surface area (Å²) in [6.07, 6.45) is -2.39. The van der Waals surface area contributed by atoms with Crippen molar-refractivity contribution in [3.05, 3.63) is 48.4 Å². The number of aromatic nitrogens is 3. The molecule has 10 heteroatoms. The molecule has 3 aromatic rings. The van der Waals surface area contributed by atoms with Gasteiger partial charge in [0, 0.05) is 25.3 Å². The zero-order valence-electron chi connectivity index (χ0n) is 16.9. The lowest BCUT2D eigenvalue weighted by molar-refractivity contribution is -0.147. The molecule has 0 unspecified atom stereocenters. The highest BCUT2D eigenvalue weighted by atomic mass is 19.4. The van der Waals surface area contributed by atoms with Gasteiger partial charge < -0.3 is 19.5 Å². The van der Waals surface area contributed by atoms with Crippen molar-refractivity contribution in [2.45, 2.75) is 32.0 Å². The summed E-state index contributed by atoms with van der Waals surface area (Å²) in [4.78, 5) is 22.2. The number of likely N-dealkylation sites (tertiary alicyclic amines) is 1. The highest BCUT2D eigenvalue weighted by Crippen LogP contribution is 2.36. The summed E-state index contributed by atoms with van der Waals surface area (Å²) in [6.45, 7) is 2.95. The number of benzene rings is 1. The van der Waals surface area contributed by atoms with Crippen LogP contribution in [0.3, 0.4) is 0 Å². The molecule has 0 spiro atoms. The Kier molecular flexibility index (Phi) is 5.71. The van der Waals surface area contributed by atoms with Crippen LogP contribution >= 0.6 is 0 Å². The predicted octanol–water partition coefficient (Wildman–Crippen LogP) is 4.72. The van der Waals surface area contributed by atoms with E-state index in [4.69, 9.17) is 4.74 Å². The molecule has 1 aliphatic heterocycles. The van der Waals surface area contributed by atoms with Crippen LogP contribution in [0.5, 0.6) is 5.75 Å². The van der Waals surface area contributed by atoms with Crippen LogP contribution in [-0.2, 0) is 6.18 Å². The minimum absolute atomic E-state index is 0.211. The second-order valence-corrected chi connectivity index (χ2v) is 7.23. The normalized spacial score (nSPS) is 15.3. The summed E-state index contributed by atoms with van der Waals surface area (Å²) >= 11 is 0. The van der Waals surface area contributed by atoms with Crippen LogP contribution < -0.4 is 10.1 Å². The Labute approximate surface area is 176 Å². The number of urea groups is 1. The van der Waals surface area contributed by atoms with E-state index in [1.165, 1.54) is 16.8 Å². The van der Waals surface area contributed by atoms with E-state index in [0.717, 1.165) is 0 Å². The minimum Gasteiger partial charge on any atom is -0.492 e. The number of hydrogen-bond acceptors (Lipinski definition) is 4. The number of nitrogens with one attached hydrogen (secondary N) is 1. The molecule has 0 bridgehead atoms. The number of pyridine rings is 1. The van der Waals surface area contributed by atoms with E-state index in [1.54, 1.807) is 29.2 Å². The lowest BCUT2D eigenvalue weighted by Crippen LogP contribution is -2.42. The van der Waals surface area contributed by atoms with Crippen molar-refractivity contribution < 1.29 is 22.7 Å². The number of carbonyl (C=O) groups excluding carboxylic acids is 1. The van der Waals surface area contributed by atoms with Gasteiger partial charge in [0.05, 0.1) is 12.3 Å². The van der Waals surface area contributed by atoms with Crippen LogP contribution in [0.4, 0.5) is 23.7 Å². The smallest absolute Gasteiger partial charge is 0.449 e. The summed E-state index contributed by atoms with van der Waals surface area (Å²) in [5.41, 5.74) is 0.978. The number of amides is 2. The Morgan fingerprint density at radius 2 is 1.94 bits per heavy atom. The molecule has 1 aromatic carbocycles. The molecule has 1 fully saturated rings. The minimum atomic E-state index is -4.59. The number of fused-ring (bicyclic) bond motifs is 1. The highest BCUT2D eigenvalue weighted by Gasteiger charge is 2.40. The number of alkyl halides is 3. The van der Waals surface area contributed by atoms with Crippen molar-refractivity contribution in [1.29, 1.82) is 0 Å². The van der Waals surface area contributed by atoms with E-state index in [9.17, 15) is 18.0 Å². The van der Waals surface area contributed by atoms with E-state index in [-0.39, 0.29) is 17.2 Å². The maximum Gasteiger partial charge on any atom is 0.449 e. The molecule has 0 aliphatic carbocycles. The van der Waals surface area contributed by atoms with Crippen molar-refractivity contribution in [3.63, 3.8) is 0 Å². The number of nitrogens with zero attached hydrogens (tertiary/aromatic N) is 4. The van der Waals surface area contributed by atoms with Gasteiger partial charge in [-0.15, -0.1) is 0 Å². The van der Waals surface area contributed by atoms with Crippen LogP contribution in [0.25, 0.3) is 11.2 Å². The van der Waals surface area contributed by atoms with E-state index < -0.39 is 18.0 Å². The van der Waals surface area contributed by atoms with E-state index in [2.05, 4.69) is 15.3 Å². The summed E-state index contributed by atoms with van der Waals surface area (Å²) in [5.74, 6) is -0.381. The topological polar surface area (TPSA) is 72.3 Å². The molecule has 164 valence electrons. The lowest BCUT2D eigenvalue weighted by atomic mass is 10.0. The van der Waals surface area contributed by atoms with Crippen LogP contribution in [0.2, 0.25) is 0 Å². The molecule has 0 radical (unpaired) electrons. The third kappa shape index (κ3) is 4.28. The molecule has 7 nitrogen and oxygen atoms in total. The van der Waals surface area contributed by atoms with Gasteiger partial charge in [0.25, 0.3) is 0 Å². The second-order valence-electron chi connectivity index (χ2n) is 7.23. The van der Waals surface area contributed by atoms with E-state index >= 15 is 0 Å².